The number of likely N-dealkylation sites (N-methyl/N-ethyl adjacent to an activating group) is 1. The molecule has 2 heterocycles. The molecule has 34 heavy (non-hydrogen) atoms. The Morgan fingerprint density at radius 2 is 1.94 bits per heavy atom. The number of anilines is 2. The Balaban J connectivity index is 1.85. The van der Waals surface area contributed by atoms with E-state index in [1.807, 2.05) is 0 Å². The van der Waals surface area contributed by atoms with Gasteiger partial charge in [0.25, 0.3) is 11.8 Å². The summed E-state index contributed by atoms with van der Waals surface area (Å²) < 4.78 is 0. The van der Waals surface area contributed by atoms with Crippen molar-refractivity contribution in [1.29, 1.82) is 5.41 Å². The average Bonchev–Trinajstić information content (AvgIpc) is 3.63. The van der Waals surface area contributed by atoms with Crippen LogP contribution in [0.25, 0.3) is 0 Å². The molecule has 0 radical (unpaired) electrons. The van der Waals surface area contributed by atoms with Gasteiger partial charge in [-0.1, -0.05) is 0 Å². The summed E-state index contributed by atoms with van der Waals surface area (Å²) in [6.07, 6.45) is 9.37. The monoisotopic (exact) mass is 467 g/mol. The largest absolute Gasteiger partial charge is 0.392 e. The van der Waals surface area contributed by atoms with Crippen molar-refractivity contribution in [3.63, 3.8) is 0 Å². The van der Waals surface area contributed by atoms with E-state index in [0.717, 1.165) is 12.8 Å². The van der Waals surface area contributed by atoms with Gasteiger partial charge in [0.05, 0.1) is 41.3 Å². The smallest absolute Gasteiger partial charge is 0.278 e. The highest BCUT2D eigenvalue weighted by Gasteiger charge is 2.29. The van der Waals surface area contributed by atoms with E-state index in [4.69, 9.17) is 5.41 Å². The van der Waals surface area contributed by atoms with E-state index in [2.05, 4.69) is 35.9 Å². The summed E-state index contributed by atoms with van der Waals surface area (Å²) in [6, 6.07) is 0. The molecule has 1 fully saturated rings. The normalized spacial score (nSPS) is 13.7. The van der Waals surface area contributed by atoms with E-state index in [0.29, 0.717) is 11.4 Å². The molecule has 12 heteroatoms. The van der Waals surface area contributed by atoms with Crippen LogP contribution in [0.1, 0.15) is 48.8 Å². The molecule has 0 aliphatic heterocycles. The van der Waals surface area contributed by atoms with Crippen molar-refractivity contribution >= 4 is 29.0 Å². The van der Waals surface area contributed by atoms with Gasteiger partial charge in [-0.3, -0.25) is 15.0 Å². The van der Waals surface area contributed by atoms with Crippen LogP contribution in [0, 0.1) is 5.41 Å². The van der Waals surface area contributed by atoms with E-state index < -0.39 is 23.1 Å². The van der Waals surface area contributed by atoms with Crippen molar-refractivity contribution in [1.82, 2.24) is 35.5 Å². The maximum atomic E-state index is 13.2. The Bertz CT molecular complexity index is 1090. The minimum atomic E-state index is -1.14. The quantitative estimate of drug-likeness (QED) is 0.319. The van der Waals surface area contributed by atoms with Gasteiger partial charge >= 0.3 is 0 Å². The lowest BCUT2D eigenvalue weighted by Crippen LogP contribution is -2.44. The molecule has 2 aromatic heterocycles. The summed E-state index contributed by atoms with van der Waals surface area (Å²) in [7, 11) is 3.06. The Kier molecular flexibility index (Phi) is 7.51. The fraction of sp³-hybridized carbons (Fsp3) is 0.409. The van der Waals surface area contributed by atoms with Crippen LogP contribution >= 0.6 is 0 Å². The maximum Gasteiger partial charge on any atom is 0.278 e. The van der Waals surface area contributed by atoms with E-state index in [9.17, 15) is 14.7 Å². The van der Waals surface area contributed by atoms with Crippen molar-refractivity contribution in [2.45, 2.75) is 38.2 Å². The fourth-order valence-corrected chi connectivity index (χ4v) is 3.18. The number of carbonyl (C=O) groups excluding carboxylic acids is 2. The van der Waals surface area contributed by atoms with Gasteiger partial charge in [0.1, 0.15) is 12.0 Å². The first-order valence-electron chi connectivity index (χ1n) is 10.7. The second-order valence-corrected chi connectivity index (χ2v) is 8.67. The van der Waals surface area contributed by atoms with Gasteiger partial charge < -0.3 is 26.0 Å². The molecule has 3 rings (SSSR count). The van der Waals surface area contributed by atoms with Crippen LogP contribution in [-0.2, 0) is 4.79 Å². The van der Waals surface area contributed by atoms with Gasteiger partial charge in [-0.2, -0.15) is 0 Å². The van der Waals surface area contributed by atoms with Gasteiger partial charge in [0.2, 0.25) is 0 Å². The highest BCUT2D eigenvalue weighted by atomic mass is 16.3. The minimum absolute atomic E-state index is 0.0110. The minimum Gasteiger partial charge on any atom is -0.392 e. The van der Waals surface area contributed by atoms with Crippen LogP contribution in [0.2, 0.25) is 0 Å². The first kappa shape index (κ1) is 24.7. The molecule has 1 aliphatic rings. The Morgan fingerprint density at radius 1 is 1.26 bits per heavy atom. The molecule has 0 atom stereocenters. The van der Waals surface area contributed by atoms with Crippen molar-refractivity contribution in [3.8, 4) is 0 Å². The van der Waals surface area contributed by atoms with Gasteiger partial charge in [-0.25, -0.2) is 19.9 Å². The van der Waals surface area contributed by atoms with Gasteiger partial charge in [0.15, 0.2) is 11.5 Å². The number of hydrogen-bond acceptors (Lipinski definition) is 10. The summed E-state index contributed by atoms with van der Waals surface area (Å²) in [5.74, 6) is -0.853. The zero-order valence-corrected chi connectivity index (χ0v) is 19.6. The van der Waals surface area contributed by atoms with Crippen molar-refractivity contribution in [2.24, 2.45) is 0 Å². The highest BCUT2D eigenvalue weighted by molar-refractivity contribution is 6.44. The molecular formula is C22H29N9O3. The van der Waals surface area contributed by atoms with Crippen LogP contribution in [0.3, 0.4) is 0 Å². The van der Waals surface area contributed by atoms with Gasteiger partial charge in [-0.15, -0.1) is 0 Å². The van der Waals surface area contributed by atoms with Crippen LogP contribution < -0.4 is 16.0 Å². The lowest BCUT2D eigenvalue weighted by molar-refractivity contribution is -0.125. The van der Waals surface area contributed by atoms with E-state index in [1.54, 1.807) is 27.1 Å². The number of aromatic nitrogens is 4. The molecule has 12 nitrogen and oxygen atoms in total. The molecule has 0 saturated heterocycles. The molecule has 0 spiro atoms. The molecule has 0 unspecified atom stereocenters. The van der Waals surface area contributed by atoms with Crippen molar-refractivity contribution < 1.29 is 14.7 Å². The Hall–Kier alpha value is -3.93. The summed E-state index contributed by atoms with van der Waals surface area (Å²) in [6.45, 7) is 3.13. The predicted octanol–water partition coefficient (Wildman–Crippen LogP) is 0.927. The summed E-state index contributed by atoms with van der Waals surface area (Å²) >= 11 is 0. The number of carbonyl (C=O) groups is 2. The zero-order chi connectivity index (χ0) is 24.9. The highest BCUT2D eigenvalue weighted by Crippen LogP contribution is 2.39. The van der Waals surface area contributed by atoms with E-state index in [1.165, 1.54) is 36.9 Å². The lowest BCUT2D eigenvalue weighted by atomic mass is 10.1. The molecule has 0 bridgehead atoms. The second-order valence-electron chi connectivity index (χ2n) is 8.67. The van der Waals surface area contributed by atoms with Gasteiger partial charge in [0, 0.05) is 32.8 Å². The SMILES string of the molecule is CN/C=C(/NC(=O)c1nc(C2CC2)cnc1Nc1cncnc1)C(=N)C(=O)N(C)CC(C)(C)O. The number of nitrogens with one attached hydrogen (secondary N) is 4. The van der Waals surface area contributed by atoms with Crippen molar-refractivity contribution in [2.75, 3.05) is 26.0 Å². The summed E-state index contributed by atoms with van der Waals surface area (Å²) in [5, 5.41) is 26.7. The topological polar surface area (TPSA) is 169 Å². The third-order valence-electron chi connectivity index (χ3n) is 4.82. The first-order chi connectivity index (χ1) is 16.1. The van der Waals surface area contributed by atoms with Crippen molar-refractivity contribution in [3.05, 3.63) is 48.2 Å². The van der Waals surface area contributed by atoms with Crippen LogP contribution in [-0.4, -0.2) is 73.7 Å². The number of aliphatic hydroxyl groups is 1. The maximum absolute atomic E-state index is 13.2. The Labute approximate surface area is 197 Å². The number of nitrogens with zero attached hydrogens (tertiary/aromatic N) is 5. The zero-order valence-electron chi connectivity index (χ0n) is 19.6. The molecule has 0 aromatic carbocycles. The van der Waals surface area contributed by atoms with E-state index >= 15 is 0 Å². The molecular weight excluding hydrogens is 438 g/mol. The molecule has 2 aromatic rings. The standard InChI is InChI=1S/C22H29N9O3/c1-22(2,34)11-31(4)21(33)17(23)16(9-24-3)30-20(32)18-19(28-14-7-25-12-26-8-14)27-10-15(29-18)13-5-6-13/h7-10,12-13,23-24,34H,5-6,11H2,1-4H3,(H,27,28)(H,30,32)/b16-9+,23-17?. The second kappa shape index (κ2) is 10.3. The van der Waals surface area contributed by atoms with Gasteiger partial charge in [-0.05, 0) is 26.7 Å². The third kappa shape index (κ3) is 6.54. The van der Waals surface area contributed by atoms with E-state index in [-0.39, 0.29) is 29.7 Å². The van der Waals surface area contributed by atoms with Crippen LogP contribution in [0.5, 0.6) is 0 Å². The number of rotatable bonds is 10. The molecule has 2 amide bonds. The molecule has 5 N–H and O–H groups in total. The molecule has 1 saturated carbocycles. The predicted molar refractivity (Wildman–Crippen MR) is 126 cm³/mol. The summed E-state index contributed by atoms with van der Waals surface area (Å²) in [4.78, 5) is 44.0. The van der Waals surface area contributed by atoms with Crippen LogP contribution in [0.4, 0.5) is 11.5 Å². The Morgan fingerprint density at radius 3 is 2.53 bits per heavy atom. The average molecular weight is 468 g/mol. The molecule has 1 aliphatic carbocycles. The number of hydrogen-bond donors (Lipinski definition) is 5. The number of amides is 2. The first-order valence-corrected chi connectivity index (χ1v) is 10.7. The van der Waals surface area contributed by atoms with Crippen LogP contribution in [0.15, 0.2) is 36.8 Å². The fourth-order valence-electron chi connectivity index (χ4n) is 3.18. The molecule has 180 valence electrons. The summed E-state index contributed by atoms with van der Waals surface area (Å²) in [5.41, 5.74) is -0.399. The lowest BCUT2D eigenvalue weighted by Gasteiger charge is -2.26. The third-order valence-corrected chi connectivity index (χ3v) is 4.82.